The summed E-state index contributed by atoms with van der Waals surface area (Å²) in [4.78, 5) is 9.45. The number of pyridine rings is 1. The second-order valence-corrected chi connectivity index (χ2v) is 9.26. The number of halogens is 1. The fourth-order valence-corrected chi connectivity index (χ4v) is 4.88. The molecule has 0 saturated carbocycles. The molecule has 2 aliphatic rings. The van der Waals surface area contributed by atoms with Gasteiger partial charge >= 0.3 is 0 Å². The van der Waals surface area contributed by atoms with Crippen molar-refractivity contribution in [3.63, 3.8) is 0 Å². The van der Waals surface area contributed by atoms with Gasteiger partial charge in [0.15, 0.2) is 0 Å². The maximum atomic E-state index is 5.81. The van der Waals surface area contributed by atoms with Gasteiger partial charge in [0.2, 0.25) is 0 Å². The maximum Gasteiger partial charge on any atom is 0.137 e. The van der Waals surface area contributed by atoms with Crippen molar-refractivity contribution in [2.24, 2.45) is 0 Å². The topological polar surface area (TPSA) is 59.1 Å². The summed E-state index contributed by atoms with van der Waals surface area (Å²) in [5, 5.41) is 3.68. The summed E-state index contributed by atoms with van der Waals surface area (Å²) in [7, 11) is 0. The lowest BCUT2D eigenvalue weighted by Gasteiger charge is -2.33. The number of nitrogens with one attached hydrogen (secondary N) is 1. The predicted octanol–water partition coefficient (Wildman–Crippen LogP) is 4.55. The van der Waals surface area contributed by atoms with Gasteiger partial charge in [-0.15, -0.1) is 0 Å². The predicted molar refractivity (Wildman–Crippen MR) is 136 cm³/mol. The summed E-state index contributed by atoms with van der Waals surface area (Å²) in [5.41, 5.74) is 2.32. The second-order valence-electron chi connectivity index (χ2n) is 8.47. The van der Waals surface area contributed by atoms with Crippen molar-refractivity contribution in [3.8, 4) is 11.5 Å². The van der Waals surface area contributed by atoms with Gasteiger partial charge in [-0.2, -0.15) is 0 Å². The van der Waals surface area contributed by atoms with E-state index in [4.69, 9.17) is 14.2 Å². The number of aromatic nitrogens is 1. The molecule has 1 aromatic heterocycles. The molecule has 33 heavy (non-hydrogen) atoms. The lowest BCUT2D eigenvalue weighted by Crippen LogP contribution is -2.38. The minimum Gasteiger partial charge on any atom is -0.493 e. The van der Waals surface area contributed by atoms with Crippen LogP contribution in [0, 0.1) is 0 Å². The van der Waals surface area contributed by atoms with E-state index < -0.39 is 0 Å². The maximum absolute atomic E-state index is 5.81. The standard InChI is InChI=1S/C25H35BrN4O3/c1-3-32-22-15-19(16-23(25(22)26)33-4-2)18-29-9-7-20(8-10-29)28-21-5-6-24(27-17-21)30-11-13-31-14-12-30/h5-6,15-17,20,28H,3-4,7-14,18H2,1-2H3. The highest BCUT2D eigenvalue weighted by Gasteiger charge is 2.21. The lowest BCUT2D eigenvalue weighted by molar-refractivity contribution is 0.122. The number of hydrogen-bond acceptors (Lipinski definition) is 7. The van der Waals surface area contributed by atoms with Gasteiger partial charge in [-0.25, -0.2) is 4.98 Å². The van der Waals surface area contributed by atoms with E-state index >= 15 is 0 Å². The first kappa shape index (κ1) is 24.1. The van der Waals surface area contributed by atoms with Crippen molar-refractivity contribution in [1.29, 1.82) is 0 Å². The van der Waals surface area contributed by atoms with E-state index in [0.717, 1.165) is 86.3 Å². The summed E-state index contributed by atoms with van der Waals surface area (Å²) in [6, 6.07) is 8.99. The van der Waals surface area contributed by atoms with Crippen molar-refractivity contribution >= 4 is 27.4 Å². The number of nitrogens with zero attached hydrogens (tertiary/aromatic N) is 3. The van der Waals surface area contributed by atoms with Gasteiger partial charge < -0.3 is 24.4 Å². The normalized spacial score (nSPS) is 17.7. The van der Waals surface area contributed by atoms with Crippen LogP contribution in [0.3, 0.4) is 0 Å². The number of piperidine rings is 1. The van der Waals surface area contributed by atoms with Crippen LogP contribution in [-0.4, -0.2) is 68.5 Å². The van der Waals surface area contributed by atoms with Crippen LogP contribution < -0.4 is 19.7 Å². The molecule has 1 N–H and O–H groups in total. The highest BCUT2D eigenvalue weighted by atomic mass is 79.9. The summed E-state index contributed by atoms with van der Waals surface area (Å²) in [6.45, 7) is 11.7. The number of anilines is 2. The second kappa shape index (κ2) is 11.9. The average molecular weight is 519 g/mol. The van der Waals surface area contributed by atoms with Gasteiger partial charge in [-0.05, 0) is 72.4 Å². The summed E-state index contributed by atoms with van der Waals surface area (Å²) >= 11 is 3.62. The Kier molecular flexibility index (Phi) is 8.69. The van der Waals surface area contributed by atoms with Crippen molar-refractivity contribution in [3.05, 3.63) is 40.5 Å². The van der Waals surface area contributed by atoms with Crippen LogP contribution in [0.25, 0.3) is 0 Å². The Hall–Kier alpha value is -2.03. The molecular formula is C25H35BrN4O3. The van der Waals surface area contributed by atoms with Gasteiger partial charge in [0.25, 0.3) is 0 Å². The fourth-order valence-electron chi connectivity index (χ4n) is 4.42. The monoisotopic (exact) mass is 518 g/mol. The molecule has 0 unspecified atom stereocenters. The molecule has 0 bridgehead atoms. The molecule has 7 nitrogen and oxygen atoms in total. The first-order valence-corrected chi connectivity index (χ1v) is 12.8. The van der Waals surface area contributed by atoms with Crippen LogP contribution in [0.2, 0.25) is 0 Å². The Morgan fingerprint density at radius 2 is 1.70 bits per heavy atom. The van der Waals surface area contributed by atoms with Gasteiger partial charge in [-0.3, -0.25) is 4.90 Å². The molecule has 2 saturated heterocycles. The van der Waals surface area contributed by atoms with E-state index in [1.165, 1.54) is 5.56 Å². The Balaban J connectivity index is 1.29. The molecule has 8 heteroatoms. The molecule has 3 heterocycles. The molecular weight excluding hydrogens is 484 g/mol. The van der Waals surface area contributed by atoms with Crippen LogP contribution in [0.4, 0.5) is 11.5 Å². The number of morpholine rings is 1. The van der Waals surface area contributed by atoms with E-state index in [0.29, 0.717) is 19.3 Å². The molecule has 0 spiro atoms. The SMILES string of the molecule is CCOc1cc(CN2CCC(Nc3ccc(N4CCOCC4)nc3)CC2)cc(OCC)c1Br. The smallest absolute Gasteiger partial charge is 0.137 e. The Morgan fingerprint density at radius 1 is 1.03 bits per heavy atom. The van der Waals surface area contributed by atoms with Crippen molar-refractivity contribution in [2.75, 3.05) is 62.8 Å². The fraction of sp³-hybridized carbons (Fsp3) is 0.560. The van der Waals surface area contributed by atoms with Crippen LogP contribution >= 0.6 is 15.9 Å². The van der Waals surface area contributed by atoms with Crippen molar-refractivity contribution in [2.45, 2.75) is 39.3 Å². The number of benzene rings is 1. The highest BCUT2D eigenvalue weighted by molar-refractivity contribution is 9.10. The zero-order valence-electron chi connectivity index (χ0n) is 19.7. The van der Waals surface area contributed by atoms with Gasteiger partial charge in [0.1, 0.15) is 21.8 Å². The molecule has 0 atom stereocenters. The van der Waals surface area contributed by atoms with E-state index in [1.807, 2.05) is 20.0 Å². The molecule has 0 radical (unpaired) electrons. The van der Waals surface area contributed by atoms with Crippen molar-refractivity contribution in [1.82, 2.24) is 9.88 Å². The molecule has 4 rings (SSSR count). The van der Waals surface area contributed by atoms with E-state index in [-0.39, 0.29) is 0 Å². The Morgan fingerprint density at radius 3 is 2.27 bits per heavy atom. The number of ether oxygens (including phenoxy) is 3. The minimum absolute atomic E-state index is 0.472. The van der Waals surface area contributed by atoms with Crippen molar-refractivity contribution < 1.29 is 14.2 Å². The molecule has 2 aromatic rings. The van der Waals surface area contributed by atoms with E-state index in [1.54, 1.807) is 0 Å². The molecule has 2 aliphatic heterocycles. The van der Waals surface area contributed by atoms with Gasteiger partial charge in [0, 0.05) is 38.8 Å². The lowest BCUT2D eigenvalue weighted by atomic mass is 10.0. The Labute approximate surface area is 205 Å². The number of rotatable bonds is 9. The zero-order valence-corrected chi connectivity index (χ0v) is 21.3. The van der Waals surface area contributed by atoms with E-state index in [9.17, 15) is 0 Å². The van der Waals surface area contributed by atoms with Crippen LogP contribution in [0.15, 0.2) is 34.9 Å². The van der Waals surface area contributed by atoms with Gasteiger partial charge in [0.05, 0.1) is 38.3 Å². The molecule has 0 amide bonds. The summed E-state index contributed by atoms with van der Waals surface area (Å²) < 4.78 is 18.0. The molecule has 0 aliphatic carbocycles. The third kappa shape index (κ3) is 6.52. The molecule has 180 valence electrons. The van der Waals surface area contributed by atoms with Crippen LogP contribution in [0.5, 0.6) is 11.5 Å². The number of likely N-dealkylation sites (tertiary alicyclic amines) is 1. The Bertz CT molecular complexity index is 855. The van der Waals surface area contributed by atoms with Gasteiger partial charge in [-0.1, -0.05) is 0 Å². The number of hydrogen-bond donors (Lipinski definition) is 1. The zero-order chi connectivity index (χ0) is 23.0. The largest absolute Gasteiger partial charge is 0.493 e. The molecule has 1 aromatic carbocycles. The molecule has 2 fully saturated rings. The minimum atomic E-state index is 0.472. The summed E-state index contributed by atoms with van der Waals surface area (Å²) in [6.07, 6.45) is 4.18. The third-order valence-electron chi connectivity index (χ3n) is 6.11. The van der Waals surface area contributed by atoms with Crippen LogP contribution in [0.1, 0.15) is 32.3 Å². The highest BCUT2D eigenvalue weighted by Crippen LogP contribution is 2.36. The average Bonchev–Trinajstić information content (AvgIpc) is 2.84. The van der Waals surface area contributed by atoms with E-state index in [2.05, 4.69) is 60.3 Å². The third-order valence-corrected chi connectivity index (χ3v) is 6.89. The quantitative estimate of drug-likeness (QED) is 0.522. The summed E-state index contributed by atoms with van der Waals surface area (Å²) in [5.74, 6) is 2.73. The van der Waals surface area contributed by atoms with Crippen LogP contribution in [-0.2, 0) is 11.3 Å². The first-order chi connectivity index (χ1) is 16.2. The first-order valence-electron chi connectivity index (χ1n) is 12.0.